The largest absolute Gasteiger partial charge is 0.342 e. The molecule has 4 nitrogen and oxygen atoms in total. The molecule has 0 atom stereocenters. The van der Waals surface area contributed by atoms with Crippen LogP contribution >= 0.6 is 0 Å². The topological polar surface area (TPSA) is 42.3 Å². The Balaban J connectivity index is 2.76. The van der Waals surface area contributed by atoms with E-state index in [-0.39, 0.29) is 18.2 Å². The van der Waals surface area contributed by atoms with E-state index in [0.717, 1.165) is 0 Å². The van der Waals surface area contributed by atoms with Gasteiger partial charge in [-0.05, 0) is 26.0 Å². The van der Waals surface area contributed by atoms with Crippen LogP contribution in [0.3, 0.4) is 0 Å². The number of carbonyl (C=O) groups is 2. The second-order valence-corrected chi connectivity index (χ2v) is 3.64. The van der Waals surface area contributed by atoms with Crippen LogP contribution in [0.5, 0.6) is 0 Å². The van der Waals surface area contributed by atoms with Gasteiger partial charge in [0.1, 0.15) is 6.54 Å². The zero-order chi connectivity index (χ0) is 12.1. The zero-order valence-electron chi connectivity index (χ0n) is 10.1. The van der Waals surface area contributed by atoms with Gasteiger partial charge in [-0.2, -0.15) is 0 Å². The van der Waals surface area contributed by atoms with Gasteiger partial charge in [-0.1, -0.05) is 0 Å². The van der Waals surface area contributed by atoms with Crippen molar-refractivity contribution in [3.05, 3.63) is 24.0 Å². The van der Waals surface area contributed by atoms with Crippen LogP contribution in [0.15, 0.2) is 18.3 Å². The Labute approximate surface area is 95.9 Å². The molecule has 1 aromatic rings. The quantitative estimate of drug-likeness (QED) is 0.709. The summed E-state index contributed by atoms with van der Waals surface area (Å²) in [5.74, 6) is 0.0287. The Kier molecular flexibility index (Phi) is 4.28. The number of hydrogen-bond donors (Lipinski definition) is 0. The van der Waals surface area contributed by atoms with Gasteiger partial charge in [-0.25, -0.2) is 0 Å². The lowest BCUT2D eigenvalue weighted by atomic mass is 10.3. The summed E-state index contributed by atoms with van der Waals surface area (Å²) in [7, 11) is 0. The van der Waals surface area contributed by atoms with E-state index in [9.17, 15) is 9.59 Å². The fourth-order valence-electron chi connectivity index (χ4n) is 1.69. The van der Waals surface area contributed by atoms with Crippen LogP contribution in [0.4, 0.5) is 0 Å². The molecule has 88 valence electrons. The lowest BCUT2D eigenvalue weighted by Gasteiger charge is -2.19. The minimum absolute atomic E-state index is 0.0163. The number of rotatable bonds is 5. The summed E-state index contributed by atoms with van der Waals surface area (Å²) in [5.41, 5.74) is 0.584. The summed E-state index contributed by atoms with van der Waals surface area (Å²) < 4.78 is 1.70. The molecule has 1 heterocycles. The highest BCUT2D eigenvalue weighted by atomic mass is 16.2. The summed E-state index contributed by atoms with van der Waals surface area (Å²) in [6.07, 6.45) is 1.76. The highest BCUT2D eigenvalue weighted by Crippen LogP contribution is 2.04. The van der Waals surface area contributed by atoms with Gasteiger partial charge < -0.3 is 9.47 Å². The molecule has 16 heavy (non-hydrogen) atoms. The monoisotopic (exact) mass is 222 g/mol. The number of amides is 1. The molecule has 0 saturated heterocycles. The number of aromatic nitrogens is 1. The SMILES string of the molecule is CCN(CC)C(=O)Cn1cccc1C(C)=O. The molecule has 0 unspecified atom stereocenters. The predicted octanol–water partition coefficient (Wildman–Crippen LogP) is 1.56. The maximum atomic E-state index is 11.8. The average Bonchev–Trinajstić information content (AvgIpc) is 2.67. The van der Waals surface area contributed by atoms with E-state index in [4.69, 9.17) is 0 Å². The minimum Gasteiger partial charge on any atom is -0.342 e. The first kappa shape index (κ1) is 12.5. The third-order valence-corrected chi connectivity index (χ3v) is 2.61. The van der Waals surface area contributed by atoms with Crippen LogP contribution in [0, 0.1) is 0 Å². The van der Waals surface area contributed by atoms with Crippen LogP contribution in [0.1, 0.15) is 31.3 Å². The first-order chi connectivity index (χ1) is 7.60. The number of carbonyl (C=O) groups excluding carboxylic acids is 2. The van der Waals surface area contributed by atoms with Crippen LogP contribution in [0.2, 0.25) is 0 Å². The molecule has 0 aromatic carbocycles. The average molecular weight is 222 g/mol. The lowest BCUT2D eigenvalue weighted by Crippen LogP contribution is -2.33. The van der Waals surface area contributed by atoms with Crippen molar-refractivity contribution in [3.8, 4) is 0 Å². The van der Waals surface area contributed by atoms with Gasteiger partial charge in [0.15, 0.2) is 5.78 Å². The lowest BCUT2D eigenvalue weighted by molar-refractivity contribution is -0.131. The number of Topliss-reactive ketones (excluding diaryl/α,β-unsaturated/α-hetero) is 1. The fourth-order valence-corrected chi connectivity index (χ4v) is 1.69. The van der Waals surface area contributed by atoms with Gasteiger partial charge in [-0.15, -0.1) is 0 Å². The van der Waals surface area contributed by atoms with E-state index in [1.165, 1.54) is 6.92 Å². The molecule has 1 amide bonds. The van der Waals surface area contributed by atoms with E-state index in [1.54, 1.807) is 27.8 Å². The number of hydrogen-bond acceptors (Lipinski definition) is 2. The predicted molar refractivity (Wildman–Crippen MR) is 62.4 cm³/mol. The smallest absolute Gasteiger partial charge is 0.242 e. The van der Waals surface area contributed by atoms with Crippen molar-refractivity contribution in [2.75, 3.05) is 13.1 Å². The number of likely N-dealkylation sites (N-methyl/N-ethyl adjacent to an activating group) is 1. The van der Waals surface area contributed by atoms with Crippen molar-refractivity contribution >= 4 is 11.7 Å². The van der Waals surface area contributed by atoms with E-state index < -0.39 is 0 Å². The molecule has 0 aliphatic rings. The van der Waals surface area contributed by atoms with Crippen LogP contribution in [0.25, 0.3) is 0 Å². The Hall–Kier alpha value is -1.58. The Bertz CT molecular complexity index is 378. The maximum Gasteiger partial charge on any atom is 0.242 e. The first-order valence-corrected chi connectivity index (χ1v) is 5.54. The number of ketones is 1. The molecule has 0 fully saturated rings. The standard InChI is InChI=1S/C12H18N2O2/c1-4-13(5-2)12(16)9-14-8-6-7-11(14)10(3)15/h6-8H,4-5,9H2,1-3H3. The van der Waals surface area contributed by atoms with Crippen molar-refractivity contribution in [2.45, 2.75) is 27.3 Å². The summed E-state index contributed by atoms with van der Waals surface area (Å²) in [5, 5.41) is 0. The van der Waals surface area contributed by atoms with E-state index in [1.807, 2.05) is 13.8 Å². The van der Waals surface area contributed by atoms with Crippen molar-refractivity contribution in [3.63, 3.8) is 0 Å². The summed E-state index contributed by atoms with van der Waals surface area (Å²) in [6, 6.07) is 3.52. The minimum atomic E-state index is -0.0163. The first-order valence-electron chi connectivity index (χ1n) is 5.54. The molecule has 0 aliphatic carbocycles. The fraction of sp³-hybridized carbons (Fsp3) is 0.500. The molecule has 0 spiro atoms. The van der Waals surface area contributed by atoms with Crippen molar-refractivity contribution in [1.82, 2.24) is 9.47 Å². The second kappa shape index (κ2) is 5.49. The van der Waals surface area contributed by atoms with Gasteiger partial charge >= 0.3 is 0 Å². The van der Waals surface area contributed by atoms with Gasteiger partial charge in [0, 0.05) is 26.2 Å². The normalized spacial score (nSPS) is 10.2. The van der Waals surface area contributed by atoms with Gasteiger partial charge in [0.2, 0.25) is 5.91 Å². The molecule has 0 N–H and O–H groups in total. The van der Waals surface area contributed by atoms with E-state index in [2.05, 4.69) is 0 Å². The van der Waals surface area contributed by atoms with Crippen molar-refractivity contribution in [1.29, 1.82) is 0 Å². The highest BCUT2D eigenvalue weighted by Gasteiger charge is 2.13. The molecule has 4 heteroatoms. The summed E-state index contributed by atoms with van der Waals surface area (Å²) in [6.45, 7) is 7.04. The van der Waals surface area contributed by atoms with Crippen LogP contribution in [-0.4, -0.2) is 34.2 Å². The van der Waals surface area contributed by atoms with E-state index >= 15 is 0 Å². The molecule has 0 aliphatic heterocycles. The summed E-state index contributed by atoms with van der Waals surface area (Å²) >= 11 is 0. The van der Waals surface area contributed by atoms with E-state index in [0.29, 0.717) is 18.8 Å². The second-order valence-electron chi connectivity index (χ2n) is 3.64. The van der Waals surface area contributed by atoms with Crippen LogP contribution in [-0.2, 0) is 11.3 Å². The third-order valence-electron chi connectivity index (χ3n) is 2.61. The molecule has 0 bridgehead atoms. The maximum absolute atomic E-state index is 11.8. The zero-order valence-corrected chi connectivity index (χ0v) is 10.1. The van der Waals surface area contributed by atoms with Gasteiger partial charge in [0.05, 0.1) is 5.69 Å². The Morgan fingerprint density at radius 3 is 2.44 bits per heavy atom. The van der Waals surface area contributed by atoms with Gasteiger partial charge in [0.25, 0.3) is 0 Å². The molecule has 1 rings (SSSR count). The third kappa shape index (κ3) is 2.72. The van der Waals surface area contributed by atoms with Crippen molar-refractivity contribution in [2.24, 2.45) is 0 Å². The highest BCUT2D eigenvalue weighted by molar-refractivity contribution is 5.93. The Morgan fingerprint density at radius 2 is 1.94 bits per heavy atom. The molecular weight excluding hydrogens is 204 g/mol. The molecular formula is C12H18N2O2. The molecule has 0 saturated carbocycles. The van der Waals surface area contributed by atoms with Crippen molar-refractivity contribution < 1.29 is 9.59 Å². The number of nitrogens with zero attached hydrogens (tertiary/aromatic N) is 2. The molecule has 0 radical (unpaired) electrons. The summed E-state index contributed by atoms with van der Waals surface area (Å²) in [4.78, 5) is 24.9. The van der Waals surface area contributed by atoms with Gasteiger partial charge in [-0.3, -0.25) is 9.59 Å². The Morgan fingerprint density at radius 1 is 1.31 bits per heavy atom. The molecule has 1 aromatic heterocycles. The van der Waals surface area contributed by atoms with Crippen LogP contribution < -0.4 is 0 Å².